The van der Waals surface area contributed by atoms with Crippen molar-refractivity contribution in [2.24, 2.45) is 5.92 Å². The molecule has 1 aromatic rings. The van der Waals surface area contributed by atoms with Gasteiger partial charge in [0.2, 0.25) is 0 Å². The third-order valence-corrected chi connectivity index (χ3v) is 4.93. The molecule has 0 saturated carbocycles. The summed E-state index contributed by atoms with van der Waals surface area (Å²) in [6.45, 7) is 12.6. The summed E-state index contributed by atoms with van der Waals surface area (Å²) >= 11 is 1.94. The van der Waals surface area contributed by atoms with Gasteiger partial charge in [-0.15, -0.1) is 11.3 Å². The second-order valence-corrected chi connectivity index (χ2v) is 6.74. The van der Waals surface area contributed by atoms with Crippen LogP contribution in [0.5, 0.6) is 0 Å². The van der Waals surface area contributed by atoms with Gasteiger partial charge in [0.25, 0.3) is 0 Å². The van der Waals surface area contributed by atoms with E-state index in [4.69, 9.17) is 0 Å². The monoisotopic (exact) mass is 252 g/mol. The molecule has 0 amide bonds. The minimum absolute atomic E-state index is 0.567. The molecule has 1 saturated heterocycles. The first-order valence-corrected chi connectivity index (χ1v) is 7.43. The second-order valence-electron chi connectivity index (χ2n) is 5.42. The average Bonchev–Trinajstić information content (AvgIpc) is 2.75. The SMILES string of the molecule is Cc1ccc(C(C)N2CCNC(C(C)C)C2)s1. The maximum atomic E-state index is 3.62. The minimum Gasteiger partial charge on any atom is -0.311 e. The number of aryl methyl sites for hydroxylation is 1. The van der Waals surface area contributed by atoms with E-state index >= 15 is 0 Å². The maximum Gasteiger partial charge on any atom is 0.0414 e. The highest BCUT2D eigenvalue weighted by atomic mass is 32.1. The van der Waals surface area contributed by atoms with Crippen LogP contribution in [-0.4, -0.2) is 30.6 Å². The van der Waals surface area contributed by atoms with E-state index in [9.17, 15) is 0 Å². The number of nitrogens with one attached hydrogen (secondary N) is 1. The Labute approximate surface area is 109 Å². The molecule has 1 aromatic heterocycles. The summed E-state index contributed by atoms with van der Waals surface area (Å²) in [4.78, 5) is 5.54. The smallest absolute Gasteiger partial charge is 0.0414 e. The Bertz CT molecular complexity index is 359. The van der Waals surface area contributed by atoms with Gasteiger partial charge < -0.3 is 5.32 Å². The van der Waals surface area contributed by atoms with Crippen LogP contribution in [0, 0.1) is 12.8 Å². The lowest BCUT2D eigenvalue weighted by Gasteiger charge is -2.38. The van der Waals surface area contributed by atoms with E-state index in [0.29, 0.717) is 12.1 Å². The highest BCUT2D eigenvalue weighted by Gasteiger charge is 2.26. The highest BCUT2D eigenvalue weighted by Crippen LogP contribution is 2.28. The van der Waals surface area contributed by atoms with Gasteiger partial charge in [0.15, 0.2) is 0 Å². The lowest BCUT2D eigenvalue weighted by molar-refractivity contribution is 0.136. The molecule has 0 radical (unpaired) electrons. The Kier molecular flexibility index (Phi) is 4.23. The minimum atomic E-state index is 0.567. The van der Waals surface area contributed by atoms with E-state index in [0.717, 1.165) is 12.5 Å². The molecule has 0 bridgehead atoms. The molecule has 0 aromatic carbocycles. The van der Waals surface area contributed by atoms with Crippen LogP contribution >= 0.6 is 11.3 Å². The fourth-order valence-electron chi connectivity index (χ4n) is 2.46. The Morgan fingerprint density at radius 2 is 2.12 bits per heavy atom. The average molecular weight is 252 g/mol. The van der Waals surface area contributed by atoms with Crippen molar-refractivity contribution in [3.8, 4) is 0 Å². The molecular weight excluding hydrogens is 228 g/mol. The molecular formula is C14H24N2S. The number of hydrogen-bond donors (Lipinski definition) is 1. The summed E-state index contributed by atoms with van der Waals surface area (Å²) in [5.74, 6) is 0.718. The summed E-state index contributed by atoms with van der Waals surface area (Å²) < 4.78 is 0. The van der Waals surface area contributed by atoms with Gasteiger partial charge in [0, 0.05) is 41.5 Å². The molecule has 2 rings (SSSR count). The fraction of sp³-hybridized carbons (Fsp3) is 0.714. The van der Waals surface area contributed by atoms with Gasteiger partial charge in [-0.1, -0.05) is 13.8 Å². The molecule has 1 N–H and O–H groups in total. The number of piperazine rings is 1. The molecule has 2 atom stereocenters. The molecule has 2 unspecified atom stereocenters. The van der Waals surface area contributed by atoms with Crippen LogP contribution in [0.15, 0.2) is 12.1 Å². The van der Waals surface area contributed by atoms with Gasteiger partial charge in [-0.3, -0.25) is 4.90 Å². The summed E-state index contributed by atoms with van der Waals surface area (Å²) in [6.07, 6.45) is 0. The summed E-state index contributed by atoms with van der Waals surface area (Å²) in [6, 6.07) is 5.74. The first kappa shape index (κ1) is 13.1. The van der Waals surface area contributed by atoms with Crippen LogP contribution < -0.4 is 5.32 Å². The van der Waals surface area contributed by atoms with E-state index in [1.807, 2.05) is 11.3 Å². The van der Waals surface area contributed by atoms with Crippen molar-refractivity contribution in [1.29, 1.82) is 0 Å². The van der Waals surface area contributed by atoms with E-state index in [1.54, 1.807) is 0 Å². The van der Waals surface area contributed by atoms with Crippen LogP contribution in [0.4, 0.5) is 0 Å². The zero-order chi connectivity index (χ0) is 12.4. The molecule has 1 aliphatic heterocycles. The highest BCUT2D eigenvalue weighted by molar-refractivity contribution is 7.12. The topological polar surface area (TPSA) is 15.3 Å². The third-order valence-electron chi connectivity index (χ3n) is 3.76. The van der Waals surface area contributed by atoms with E-state index in [1.165, 1.54) is 22.8 Å². The first-order valence-electron chi connectivity index (χ1n) is 6.61. The maximum absolute atomic E-state index is 3.62. The number of rotatable bonds is 3. The fourth-order valence-corrected chi connectivity index (χ4v) is 3.42. The van der Waals surface area contributed by atoms with Crippen molar-refractivity contribution in [3.63, 3.8) is 0 Å². The Morgan fingerprint density at radius 1 is 1.35 bits per heavy atom. The number of nitrogens with zero attached hydrogens (tertiary/aromatic N) is 1. The predicted molar refractivity (Wildman–Crippen MR) is 75.7 cm³/mol. The molecule has 96 valence electrons. The van der Waals surface area contributed by atoms with E-state index < -0.39 is 0 Å². The number of hydrogen-bond acceptors (Lipinski definition) is 3. The van der Waals surface area contributed by atoms with Crippen molar-refractivity contribution >= 4 is 11.3 Å². The normalized spacial score (nSPS) is 24.2. The van der Waals surface area contributed by atoms with Crippen molar-refractivity contribution in [2.45, 2.75) is 39.8 Å². The molecule has 2 heterocycles. The molecule has 0 spiro atoms. The van der Waals surface area contributed by atoms with Crippen LogP contribution in [0.1, 0.15) is 36.6 Å². The van der Waals surface area contributed by atoms with Crippen molar-refractivity contribution in [3.05, 3.63) is 21.9 Å². The largest absolute Gasteiger partial charge is 0.311 e. The summed E-state index contributed by atoms with van der Waals surface area (Å²) in [5, 5.41) is 3.62. The molecule has 1 fully saturated rings. The van der Waals surface area contributed by atoms with Gasteiger partial charge in [-0.25, -0.2) is 0 Å². The lowest BCUT2D eigenvalue weighted by atomic mass is 10.0. The Morgan fingerprint density at radius 3 is 2.71 bits per heavy atom. The molecule has 0 aliphatic carbocycles. The standard InChI is InChI=1S/C14H24N2S/c1-10(2)13-9-16(8-7-15-13)12(4)14-6-5-11(3)17-14/h5-6,10,12-13,15H,7-9H2,1-4H3. The van der Waals surface area contributed by atoms with Gasteiger partial charge in [-0.2, -0.15) is 0 Å². The van der Waals surface area contributed by atoms with Crippen molar-refractivity contribution in [2.75, 3.05) is 19.6 Å². The number of thiophene rings is 1. The zero-order valence-electron chi connectivity index (χ0n) is 11.4. The van der Waals surface area contributed by atoms with Crippen LogP contribution in [0.25, 0.3) is 0 Å². The van der Waals surface area contributed by atoms with Crippen LogP contribution in [0.3, 0.4) is 0 Å². The van der Waals surface area contributed by atoms with Crippen LogP contribution in [-0.2, 0) is 0 Å². The van der Waals surface area contributed by atoms with Gasteiger partial charge in [0.1, 0.15) is 0 Å². The van der Waals surface area contributed by atoms with Gasteiger partial charge in [-0.05, 0) is 31.9 Å². The Balaban J connectivity index is 2.02. The third kappa shape index (κ3) is 3.09. The Hall–Kier alpha value is -0.380. The molecule has 2 nitrogen and oxygen atoms in total. The van der Waals surface area contributed by atoms with Gasteiger partial charge >= 0.3 is 0 Å². The zero-order valence-corrected chi connectivity index (χ0v) is 12.2. The van der Waals surface area contributed by atoms with Crippen LogP contribution in [0.2, 0.25) is 0 Å². The van der Waals surface area contributed by atoms with Crippen molar-refractivity contribution < 1.29 is 0 Å². The van der Waals surface area contributed by atoms with Crippen molar-refractivity contribution in [1.82, 2.24) is 10.2 Å². The molecule has 3 heteroatoms. The molecule has 17 heavy (non-hydrogen) atoms. The second kappa shape index (κ2) is 5.51. The summed E-state index contributed by atoms with van der Waals surface area (Å²) in [5.41, 5.74) is 0. The van der Waals surface area contributed by atoms with Gasteiger partial charge in [0.05, 0.1) is 0 Å². The first-order chi connectivity index (χ1) is 8.08. The lowest BCUT2D eigenvalue weighted by Crippen LogP contribution is -2.53. The predicted octanol–water partition coefficient (Wildman–Crippen LogP) is 3.05. The van der Waals surface area contributed by atoms with E-state index in [-0.39, 0.29) is 0 Å². The van der Waals surface area contributed by atoms with E-state index in [2.05, 4.69) is 50.0 Å². The molecule has 1 aliphatic rings. The summed E-state index contributed by atoms with van der Waals surface area (Å²) in [7, 11) is 0. The quantitative estimate of drug-likeness (QED) is 0.889.